The fourth-order valence-electron chi connectivity index (χ4n) is 1.73. The summed E-state index contributed by atoms with van der Waals surface area (Å²) in [7, 11) is -3.93. The van der Waals surface area contributed by atoms with Gasteiger partial charge >= 0.3 is 0 Å². The summed E-state index contributed by atoms with van der Waals surface area (Å²) < 4.78 is 23.4. The first-order valence-corrected chi connectivity index (χ1v) is 8.12. The number of rotatable bonds is 3. The van der Waals surface area contributed by atoms with Crippen molar-refractivity contribution in [1.82, 2.24) is 0 Å². The second-order valence-electron chi connectivity index (χ2n) is 4.20. The zero-order chi connectivity index (χ0) is 15.6. The summed E-state index contributed by atoms with van der Waals surface area (Å²) in [5.41, 5.74) is 6.51. The molecule has 0 bridgehead atoms. The van der Waals surface area contributed by atoms with E-state index in [9.17, 15) is 13.2 Å². The van der Waals surface area contributed by atoms with Crippen LogP contribution in [0, 0.1) is 0 Å². The highest BCUT2D eigenvalue weighted by Crippen LogP contribution is 2.26. The SMILES string of the molecule is Nc1cccc(C(=O)Nc2ccccc2S(N)(=O)=O)c1Br. The van der Waals surface area contributed by atoms with Crippen molar-refractivity contribution in [3.8, 4) is 0 Å². The molecule has 6 nitrogen and oxygen atoms in total. The van der Waals surface area contributed by atoms with Crippen molar-refractivity contribution in [2.24, 2.45) is 5.14 Å². The van der Waals surface area contributed by atoms with Crippen LogP contribution in [0.3, 0.4) is 0 Å². The Kier molecular flexibility index (Phi) is 4.31. The maximum absolute atomic E-state index is 12.2. The molecule has 0 aliphatic rings. The molecule has 5 N–H and O–H groups in total. The van der Waals surface area contributed by atoms with Crippen LogP contribution in [0.4, 0.5) is 11.4 Å². The van der Waals surface area contributed by atoms with Crippen LogP contribution in [0.25, 0.3) is 0 Å². The van der Waals surface area contributed by atoms with E-state index in [1.165, 1.54) is 18.2 Å². The lowest BCUT2D eigenvalue weighted by Gasteiger charge is -2.11. The highest BCUT2D eigenvalue weighted by molar-refractivity contribution is 9.10. The molecular weight excluding hydrogens is 358 g/mol. The number of benzene rings is 2. The molecule has 0 radical (unpaired) electrons. The Morgan fingerprint density at radius 1 is 1.10 bits per heavy atom. The lowest BCUT2D eigenvalue weighted by atomic mass is 10.2. The largest absolute Gasteiger partial charge is 0.398 e. The third-order valence-electron chi connectivity index (χ3n) is 2.72. The molecule has 0 fully saturated rings. The summed E-state index contributed by atoms with van der Waals surface area (Å²) in [4.78, 5) is 12.1. The first kappa shape index (κ1) is 15.5. The zero-order valence-corrected chi connectivity index (χ0v) is 13.1. The van der Waals surface area contributed by atoms with Crippen molar-refractivity contribution < 1.29 is 13.2 Å². The van der Waals surface area contributed by atoms with Gasteiger partial charge in [-0.25, -0.2) is 13.6 Å². The average Bonchev–Trinajstić information content (AvgIpc) is 2.41. The number of hydrogen-bond acceptors (Lipinski definition) is 4. The predicted octanol–water partition coefficient (Wildman–Crippen LogP) is 1.93. The van der Waals surface area contributed by atoms with Gasteiger partial charge in [-0.2, -0.15) is 0 Å². The van der Waals surface area contributed by atoms with Gasteiger partial charge in [0.05, 0.1) is 15.7 Å². The molecule has 0 heterocycles. The number of amides is 1. The van der Waals surface area contributed by atoms with Crippen LogP contribution >= 0.6 is 15.9 Å². The molecule has 0 saturated heterocycles. The number of primary sulfonamides is 1. The number of para-hydroxylation sites is 1. The van der Waals surface area contributed by atoms with Crippen molar-refractivity contribution in [3.63, 3.8) is 0 Å². The minimum atomic E-state index is -3.93. The van der Waals surface area contributed by atoms with E-state index in [1.54, 1.807) is 24.3 Å². The molecule has 0 aliphatic carbocycles. The predicted molar refractivity (Wildman–Crippen MR) is 84.3 cm³/mol. The Morgan fingerprint density at radius 3 is 2.43 bits per heavy atom. The first-order valence-electron chi connectivity index (χ1n) is 5.78. The Hall–Kier alpha value is -1.90. The maximum atomic E-state index is 12.2. The van der Waals surface area contributed by atoms with Crippen LogP contribution in [0.1, 0.15) is 10.4 Å². The summed E-state index contributed by atoms with van der Waals surface area (Å²) in [6.07, 6.45) is 0. The minimum absolute atomic E-state index is 0.110. The Labute approximate surface area is 130 Å². The van der Waals surface area contributed by atoms with Gasteiger partial charge in [0.15, 0.2) is 0 Å². The van der Waals surface area contributed by atoms with E-state index in [-0.39, 0.29) is 10.6 Å². The molecule has 0 spiro atoms. The van der Waals surface area contributed by atoms with Crippen molar-refractivity contribution in [2.45, 2.75) is 4.90 Å². The Morgan fingerprint density at radius 2 is 1.76 bits per heavy atom. The van der Waals surface area contributed by atoms with Crippen LogP contribution in [0.5, 0.6) is 0 Å². The summed E-state index contributed by atoms with van der Waals surface area (Å²) in [6, 6.07) is 10.7. The number of nitrogen functional groups attached to an aromatic ring is 1. The van der Waals surface area contributed by atoms with Crippen LogP contribution < -0.4 is 16.2 Å². The topological polar surface area (TPSA) is 115 Å². The lowest BCUT2D eigenvalue weighted by Crippen LogP contribution is -2.18. The standard InChI is InChI=1S/C13H12BrN3O3S/c14-12-8(4-3-5-9(12)15)13(18)17-10-6-1-2-7-11(10)21(16,19)20/h1-7H,15H2,(H,17,18)(H2,16,19,20). The Balaban J connectivity index is 2.40. The normalized spacial score (nSPS) is 11.1. The number of carbonyl (C=O) groups excluding carboxylic acids is 1. The molecule has 8 heteroatoms. The molecule has 2 rings (SSSR count). The van der Waals surface area contributed by atoms with Crippen molar-refractivity contribution in [2.75, 3.05) is 11.1 Å². The molecule has 21 heavy (non-hydrogen) atoms. The van der Waals surface area contributed by atoms with E-state index >= 15 is 0 Å². The molecule has 2 aromatic rings. The Bertz CT molecular complexity index is 806. The highest BCUT2D eigenvalue weighted by Gasteiger charge is 2.17. The minimum Gasteiger partial charge on any atom is -0.398 e. The average molecular weight is 370 g/mol. The number of hydrogen-bond donors (Lipinski definition) is 3. The molecular formula is C13H12BrN3O3S. The van der Waals surface area contributed by atoms with E-state index in [2.05, 4.69) is 21.2 Å². The van der Waals surface area contributed by atoms with Crippen molar-refractivity contribution >= 4 is 43.2 Å². The molecule has 0 aromatic heterocycles. The van der Waals surface area contributed by atoms with Crippen LogP contribution in [0.2, 0.25) is 0 Å². The van der Waals surface area contributed by atoms with E-state index in [0.717, 1.165) is 0 Å². The van der Waals surface area contributed by atoms with Gasteiger partial charge in [-0.3, -0.25) is 4.79 Å². The van der Waals surface area contributed by atoms with Gasteiger partial charge in [-0.15, -0.1) is 0 Å². The van der Waals surface area contributed by atoms with Gasteiger partial charge in [0.1, 0.15) is 4.90 Å². The second kappa shape index (κ2) is 5.84. The van der Waals surface area contributed by atoms with Gasteiger partial charge in [0.2, 0.25) is 10.0 Å². The summed E-state index contributed by atoms with van der Waals surface area (Å²) in [5, 5.41) is 7.64. The number of carbonyl (C=O) groups is 1. The lowest BCUT2D eigenvalue weighted by molar-refractivity contribution is 0.102. The molecule has 1 amide bonds. The monoisotopic (exact) mass is 369 g/mol. The number of halogens is 1. The molecule has 0 aliphatic heterocycles. The van der Waals surface area contributed by atoms with E-state index in [4.69, 9.17) is 10.9 Å². The maximum Gasteiger partial charge on any atom is 0.256 e. The summed E-state index contributed by atoms with van der Waals surface area (Å²) >= 11 is 3.22. The molecule has 0 atom stereocenters. The smallest absolute Gasteiger partial charge is 0.256 e. The van der Waals surface area contributed by atoms with Crippen LogP contribution in [-0.4, -0.2) is 14.3 Å². The zero-order valence-electron chi connectivity index (χ0n) is 10.7. The molecule has 0 saturated carbocycles. The number of sulfonamides is 1. The highest BCUT2D eigenvalue weighted by atomic mass is 79.9. The van der Waals surface area contributed by atoms with Gasteiger partial charge in [-0.05, 0) is 40.2 Å². The third-order valence-corrected chi connectivity index (χ3v) is 4.57. The number of nitrogens with one attached hydrogen (secondary N) is 1. The fourth-order valence-corrected chi connectivity index (χ4v) is 2.87. The first-order chi connectivity index (χ1) is 9.80. The second-order valence-corrected chi connectivity index (χ2v) is 6.53. The third kappa shape index (κ3) is 3.41. The van der Waals surface area contributed by atoms with E-state index in [0.29, 0.717) is 15.7 Å². The number of anilines is 2. The quantitative estimate of drug-likeness (QED) is 0.716. The van der Waals surface area contributed by atoms with Gasteiger partial charge in [0.25, 0.3) is 5.91 Å². The summed E-state index contributed by atoms with van der Waals surface area (Å²) in [5.74, 6) is -0.495. The van der Waals surface area contributed by atoms with E-state index in [1.807, 2.05) is 0 Å². The molecule has 2 aromatic carbocycles. The van der Waals surface area contributed by atoms with Gasteiger partial charge in [0, 0.05) is 5.69 Å². The van der Waals surface area contributed by atoms with Gasteiger partial charge < -0.3 is 11.1 Å². The fraction of sp³-hybridized carbons (Fsp3) is 0. The van der Waals surface area contributed by atoms with Crippen molar-refractivity contribution in [3.05, 3.63) is 52.5 Å². The van der Waals surface area contributed by atoms with Gasteiger partial charge in [-0.1, -0.05) is 18.2 Å². The van der Waals surface area contributed by atoms with E-state index < -0.39 is 15.9 Å². The van der Waals surface area contributed by atoms with Crippen LogP contribution in [-0.2, 0) is 10.0 Å². The van der Waals surface area contributed by atoms with Crippen molar-refractivity contribution in [1.29, 1.82) is 0 Å². The molecule has 110 valence electrons. The molecule has 0 unspecified atom stereocenters. The number of nitrogens with two attached hydrogens (primary N) is 2. The van der Waals surface area contributed by atoms with Crippen LogP contribution in [0.15, 0.2) is 51.8 Å². The summed E-state index contributed by atoms with van der Waals surface area (Å²) in [6.45, 7) is 0.